The van der Waals surface area contributed by atoms with E-state index < -0.39 is 0 Å². The zero-order valence-electron chi connectivity index (χ0n) is 8.68. The summed E-state index contributed by atoms with van der Waals surface area (Å²) in [6.45, 7) is 4.52. The van der Waals surface area contributed by atoms with Gasteiger partial charge in [0, 0.05) is 11.1 Å². The van der Waals surface area contributed by atoms with Crippen molar-refractivity contribution in [2.24, 2.45) is 5.73 Å². The second-order valence-electron chi connectivity index (χ2n) is 4.73. The Morgan fingerprint density at radius 3 is 2.79 bits per heavy atom. The van der Waals surface area contributed by atoms with Crippen LogP contribution in [0.2, 0.25) is 5.02 Å². The average Bonchev–Trinajstić information content (AvgIpc) is 2.12. The number of nitrogens with two attached hydrogens (primary N) is 1. The average molecular weight is 210 g/mol. The van der Waals surface area contributed by atoms with Crippen LogP contribution in [-0.2, 0) is 5.41 Å². The molecular weight excluding hydrogens is 194 g/mol. The molecule has 0 amide bonds. The number of rotatable bonds is 0. The molecule has 0 radical (unpaired) electrons. The van der Waals surface area contributed by atoms with Gasteiger partial charge in [0.1, 0.15) is 0 Å². The Hall–Kier alpha value is -0.530. The first-order valence-corrected chi connectivity index (χ1v) is 5.44. The molecule has 1 unspecified atom stereocenters. The van der Waals surface area contributed by atoms with Crippen molar-refractivity contribution in [3.63, 3.8) is 0 Å². The van der Waals surface area contributed by atoms with Crippen LogP contribution in [0.1, 0.15) is 43.9 Å². The van der Waals surface area contributed by atoms with E-state index in [-0.39, 0.29) is 11.5 Å². The van der Waals surface area contributed by atoms with Crippen LogP contribution in [0.4, 0.5) is 0 Å². The van der Waals surface area contributed by atoms with E-state index in [2.05, 4.69) is 19.9 Å². The summed E-state index contributed by atoms with van der Waals surface area (Å²) in [4.78, 5) is 0. The Morgan fingerprint density at radius 1 is 1.43 bits per heavy atom. The van der Waals surface area contributed by atoms with Crippen molar-refractivity contribution in [3.8, 4) is 0 Å². The van der Waals surface area contributed by atoms with Crippen molar-refractivity contribution in [1.29, 1.82) is 0 Å². The highest BCUT2D eigenvalue weighted by Crippen LogP contribution is 2.43. The molecule has 1 atom stereocenters. The van der Waals surface area contributed by atoms with Gasteiger partial charge in [0.2, 0.25) is 0 Å². The molecule has 76 valence electrons. The van der Waals surface area contributed by atoms with E-state index >= 15 is 0 Å². The van der Waals surface area contributed by atoms with E-state index in [1.165, 1.54) is 5.56 Å². The largest absolute Gasteiger partial charge is 0.324 e. The molecule has 1 aromatic carbocycles. The van der Waals surface area contributed by atoms with Gasteiger partial charge in [-0.05, 0) is 35.4 Å². The first kappa shape index (κ1) is 10.0. The number of hydrogen-bond acceptors (Lipinski definition) is 1. The summed E-state index contributed by atoms with van der Waals surface area (Å²) in [5.74, 6) is 0. The van der Waals surface area contributed by atoms with Gasteiger partial charge < -0.3 is 5.73 Å². The van der Waals surface area contributed by atoms with E-state index in [1.54, 1.807) is 0 Å². The lowest BCUT2D eigenvalue weighted by molar-refractivity contribution is 0.396. The third-order valence-electron chi connectivity index (χ3n) is 3.23. The fourth-order valence-corrected chi connectivity index (χ4v) is 2.61. The van der Waals surface area contributed by atoms with Crippen LogP contribution in [0.3, 0.4) is 0 Å². The van der Waals surface area contributed by atoms with Gasteiger partial charge in [0.25, 0.3) is 0 Å². The molecule has 0 bridgehead atoms. The minimum Gasteiger partial charge on any atom is -0.324 e. The molecule has 1 aliphatic rings. The third kappa shape index (κ3) is 1.45. The maximum absolute atomic E-state index is 6.18. The van der Waals surface area contributed by atoms with Gasteiger partial charge in [-0.15, -0.1) is 0 Å². The summed E-state index contributed by atoms with van der Waals surface area (Å²) in [6, 6.07) is 6.22. The Bertz CT molecular complexity index is 357. The van der Waals surface area contributed by atoms with Crippen molar-refractivity contribution in [1.82, 2.24) is 0 Å². The topological polar surface area (TPSA) is 26.0 Å². The van der Waals surface area contributed by atoms with Crippen molar-refractivity contribution >= 4 is 11.6 Å². The smallest absolute Gasteiger partial charge is 0.0456 e. The summed E-state index contributed by atoms with van der Waals surface area (Å²) >= 11 is 6.18. The molecule has 14 heavy (non-hydrogen) atoms. The fourth-order valence-electron chi connectivity index (χ4n) is 2.30. The Kier molecular flexibility index (Phi) is 2.32. The number of benzene rings is 1. The van der Waals surface area contributed by atoms with Crippen molar-refractivity contribution in [3.05, 3.63) is 34.3 Å². The second-order valence-corrected chi connectivity index (χ2v) is 5.14. The van der Waals surface area contributed by atoms with Crippen LogP contribution >= 0.6 is 11.6 Å². The molecule has 0 spiro atoms. The van der Waals surface area contributed by atoms with E-state index in [4.69, 9.17) is 17.3 Å². The lowest BCUT2D eigenvalue weighted by atomic mass is 9.71. The van der Waals surface area contributed by atoms with Crippen LogP contribution in [-0.4, -0.2) is 0 Å². The maximum Gasteiger partial charge on any atom is 0.0456 e. The highest BCUT2D eigenvalue weighted by atomic mass is 35.5. The van der Waals surface area contributed by atoms with E-state index in [0.717, 1.165) is 23.4 Å². The third-order valence-corrected chi connectivity index (χ3v) is 3.56. The van der Waals surface area contributed by atoms with Gasteiger partial charge in [0.05, 0.1) is 0 Å². The lowest BCUT2D eigenvalue weighted by Gasteiger charge is -2.36. The molecule has 2 rings (SSSR count). The summed E-state index contributed by atoms with van der Waals surface area (Å²) in [6.07, 6.45) is 2.17. The molecule has 2 N–H and O–H groups in total. The van der Waals surface area contributed by atoms with Crippen LogP contribution in [0, 0.1) is 0 Å². The Labute approximate surface area is 90.3 Å². The standard InChI is InChI=1S/C12H16ClN/c1-12(2)7-6-10(14)11-8(12)4-3-5-9(11)13/h3-5,10H,6-7,14H2,1-2H3. The quantitative estimate of drug-likeness (QED) is 0.696. The highest BCUT2D eigenvalue weighted by Gasteiger charge is 2.32. The van der Waals surface area contributed by atoms with Gasteiger partial charge in [0.15, 0.2) is 0 Å². The zero-order chi connectivity index (χ0) is 10.3. The first-order valence-electron chi connectivity index (χ1n) is 5.07. The summed E-state index contributed by atoms with van der Waals surface area (Å²) in [5.41, 5.74) is 8.78. The van der Waals surface area contributed by atoms with Crippen molar-refractivity contribution in [2.45, 2.75) is 38.1 Å². The Balaban J connectivity index is 2.63. The number of halogens is 1. The number of hydrogen-bond donors (Lipinski definition) is 1. The molecular formula is C12H16ClN. The van der Waals surface area contributed by atoms with E-state index in [9.17, 15) is 0 Å². The minimum absolute atomic E-state index is 0.117. The molecule has 0 heterocycles. The summed E-state index contributed by atoms with van der Waals surface area (Å²) < 4.78 is 0. The molecule has 0 aromatic heterocycles. The lowest BCUT2D eigenvalue weighted by Crippen LogP contribution is -2.29. The monoisotopic (exact) mass is 209 g/mol. The van der Waals surface area contributed by atoms with Gasteiger partial charge in [-0.3, -0.25) is 0 Å². The van der Waals surface area contributed by atoms with Gasteiger partial charge in [-0.25, -0.2) is 0 Å². The molecule has 1 nitrogen and oxygen atoms in total. The molecule has 1 aromatic rings. The highest BCUT2D eigenvalue weighted by molar-refractivity contribution is 6.31. The van der Waals surface area contributed by atoms with Crippen LogP contribution in [0.5, 0.6) is 0 Å². The van der Waals surface area contributed by atoms with Crippen molar-refractivity contribution in [2.75, 3.05) is 0 Å². The molecule has 0 saturated heterocycles. The van der Waals surface area contributed by atoms with E-state index in [1.807, 2.05) is 12.1 Å². The van der Waals surface area contributed by atoms with Crippen LogP contribution in [0.25, 0.3) is 0 Å². The predicted molar refractivity (Wildman–Crippen MR) is 60.6 cm³/mol. The second kappa shape index (κ2) is 3.25. The summed E-state index contributed by atoms with van der Waals surface area (Å²) in [5, 5.41) is 0.822. The predicted octanol–water partition coefficient (Wildman–Crippen LogP) is 3.41. The van der Waals surface area contributed by atoms with E-state index in [0.29, 0.717) is 0 Å². The summed E-state index contributed by atoms with van der Waals surface area (Å²) in [7, 11) is 0. The zero-order valence-corrected chi connectivity index (χ0v) is 9.43. The SMILES string of the molecule is CC1(C)CCC(N)c2c(Cl)cccc21. The molecule has 0 saturated carbocycles. The molecule has 2 heteroatoms. The normalized spacial score (nSPS) is 24.4. The molecule has 0 fully saturated rings. The van der Waals surface area contributed by atoms with Gasteiger partial charge in [-0.1, -0.05) is 37.6 Å². The maximum atomic E-state index is 6.18. The fraction of sp³-hybridized carbons (Fsp3) is 0.500. The van der Waals surface area contributed by atoms with Gasteiger partial charge >= 0.3 is 0 Å². The first-order chi connectivity index (χ1) is 6.52. The van der Waals surface area contributed by atoms with Crippen LogP contribution < -0.4 is 5.73 Å². The van der Waals surface area contributed by atoms with Gasteiger partial charge in [-0.2, -0.15) is 0 Å². The number of fused-ring (bicyclic) bond motifs is 1. The Morgan fingerprint density at radius 2 is 2.14 bits per heavy atom. The molecule has 1 aliphatic carbocycles. The van der Waals surface area contributed by atoms with Crippen molar-refractivity contribution < 1.29 is 0 Å². The van der Waals surface area contributed by atoms with Crippen LogP contribution in [0.15, 0.2) is 18.2 Å². The minimum atomic E-state index is 0.117. The molecule has 0 aliphatic heterocycles.